The Kier molecular flexibility index (Phi) is 2.40. The van der Waals surface area contributed by atoms with Crippen molar-refractivity contribution in [3.8, 4) is 0 Å². The van der Waals surface area contributed by atoms with E-state index >= 15 is 0 Å². The summed E-state index contributed by atoms with van der Waals surface area (Å²) in [6, 6.07) is 8.20. The summed E-state index contributed by atoms with van der Waals surface area (Å²) < 4.78 is 2.34. The molecule has 1 aromatic carbocycles. The van der Waals surface area contributed by atoms with E-state index in [0.717, 1.165) is 18.0 Å². The van der Waals surface area contributed by atoms with Crippen molar-refractivity contribution in [2.75, 3.05) is 6.54 Å². The van der Waals surface area contributed by atoms with Gasteiger partial charge in [0.25, 0.3) is 0 Å². The van der Waals surface area contributed by atoms with E-state index in [9.17, 15) is 0 Å². The van der Waals surface area contributed by atoms with Gasteiger partial charge in [0.1, 0.15) is 0 Å². The standard InChI is InChI=1S/C15H19N3/c1-2-12(16-7-1)8-11-3-6-15-14(9-11)17-10-18(15)13-4-5-13/h3,6,9-10,12-13,16H,1-2,4-5,7-8H2. The Hall–Kier alpha value is -1.35. The lowest BCUT2D eigenvalue weighted by atomic mass is 10.0. The third kappa shape index (κ3) is 1.83. The normalized spacial score (nSPS) is 23.9. The number of aromatic nitrogens is 2. The molecule has 3 heteroatoms. The van der Waals surface area contributed by atoms with Gasteiger partial charge in [-0.05, 0) is 56.3 Å². The van der Waals surface area contributed by atoms with Crippen molar-refractivity contribution in [3.05, 3.63) is 30.1 Å². The van der Waals surface area contributed by atoms with Crippen LogP contribution in [-0.2, 0) is 6.42 Å². The number of hydrogen-bond donors (Lipinski definition) is 1. The van der Waals surface area contributed by atoms with Crippen LogP contribution in [0.4, 0.5) is 0 Å². The molecule has 2 fully saturated rings. The second-order valence-corrected chi connectivity index (χ2v) is 5.70. The van der Waals surface area contributed by atoms with Crippen LogP contribution in [0.1, 0.15) is 37.3 Å². The molecule has 1 aromatic heterocycles. The zero-order valence-electron chi connectivity index (χ0n) is 10.6. The van der Waals surface area contributed by atoms with Gasteiger partial charge in [0.15, 0.2) is 0 Å². The second-order valence-electron chi connectivity index (χ2n) is 5.70. The second kappa shape index (κ2) is 4.09. The number of nitrogens with one attached hydrogen (secondary N) is 1. The zero-order chi connectivity index (χ0) is 11.9. The fraction of sp³-hybridized carbons (Fsp3) is 0.533. The van der Waals surface area contributed by atoms with Gasteiger partial charge in [-0.2, -0.15) is 0 Å². The van der Waals surface area contributed by atoms with Crippen molar-refractivity contribution in [1.82, 2.24) is 14.9 Å². The number of fused-ring (bicyclic) bond motifs is 1. The molecule has 2 aromatic rings. The lowest BCUT2D eigenvalue weighted by Crippen LogP contribution is -2.23. The topological polar surface area (TPSA) is 29.9 Å². The van der Waals surface area contributed by atoms with Crippen LogP contribution in [0.5, 0.6) is 0 Å². The first-order valence-corrected chi connectivity index (χ1v) is 7.09. The summed E-state index contributed by atoms with van der Waals surface area (Å²) in [7, 11) is 0. The Labute approximate surface area is 107 Å². The molecule has 1 unspecified atom stereocenters. The summed E-state index contributed by atoms with van der Waals surface area (Å²) in [6.45, 7) is 1.18. The Morgan fingerprint density at radius 3 is 3.00 bits per heavy atom. The molecule has 3 nitrogen and oxygen atoms in total. The van der Waals surface area contributed by atoms with Gasteiger partial charge in [0.05, 0.1) is 17.4 Å². The first-order valence-electron chi connectivity index (χ1n) is 7.09. The summed E-state index contributed by atoms with van der Waals surface area (Å²) in [5.74, 6) is 0. The zero-order valence-corrected chi connectivity index (χ0v) is 10.6. The first-order chi connectivity index (χ1) is 8.90. The third-order valence-corrected chi connectivity index (χ3v) is 4.22. The minimum Gasteiger partial charge on any atom is -0.327 e. The molecular weight excluding hydrogens is 222 g/mol. The molecule has 1 atom stereocenters. The van der Waals surface area contributed by atoms with Crippen molar-refractivity contribution in [3.63, 3.8) is 0 Å². The molecule has 0 spiro atoms. The van der Waals surface area contributed by atoms with Crippen LogP contribution in [0.25, 0.3) is 11.0 Å². The number of nitrogens with zero attached hydrogens (tertiary/aromatic N) is 2. The van der Waals surface area contributed by atoms with E-state index in [-0.39, 0.29) is 0 Å². The summed E-state index contributed by atoms with van der Waals surface area (Å²) in [5, 5.41) is 3.56. The summed E-state index contributed by atoms with van der Waals surface area (Å²) in [6.07, 6.45) is 8.43. The van der Waals surface area contributed by atoms with E-state index in [2.05, 4.69) is 33.1 Å². The van der Waals surface area contributed by atoms with E-state index in [4.69, 9.17) is 0 Å². The van der Waals surface area contributed by atoms with Crippen molar-refractivity contribution < 1.29 is 0 Å². The predicted molar refractivity (Wildman–Crippen MR) is 72.7 cm³/mol. The molecule has 1 saturated heterocycles. The Morgan fingerprint density at radius 1 is 1.28 bits per heavy atom. The van der Waals surface area contributed by atoms with Gasteiger partial charge >= 0.3 is 0 Å². The van der Waals surface area contributed by atoms with E-state index in [1.807, 2.05) is 6.33 Å². The fourth-order valence-electron chi connectivity index (χ4n) is 3.06. The monoisotopic (exact) mass is 241 g/mol. The highest BCUT2D eigenvalue weighted by Gasteiger charge is 2.25. The minimum atomic E-state index is 0.674. The molecule has 2 aliphatic rings. The highest BCUT2D eigenvalue weighted by atomic mass is 15.1. The minimum absolute atomic E-state index is 0.674. The van der Waals surface area contributed by atoms with Gasteiger partial charge in [-0.3, -0.25) is 0 Å². The molecular formula is C15H19N3. The SMILES string of the molecule is c1cc2c(cc1CC1CCCN1)ncn2C1CC1. The summed E-state index contributed by atoms with van der Waals surface area (Å²) >= 11 is 0. The van der Waals surface area contributed by atoms with E-state index < -0.39 is 0 Å². The molecule has 1 aliphatic carbocycles. The molecule has 18 heavy (non-hydrogen) atoms. The summed E-state index contributed by atoms with van der Waals surface area (Å²) in [4.78, 5) is 4.56. The number of rotatable bonds is 3. The van der Waals surface area contributed by atoms with Gasteiger partial charge in [-0.25, -0.2) is 4.98 Å². The lowest BCUT2D eigenvalue weighted by Gasteiger charge is -2.10. The van der Waals surface area contributed by atoms with Crippen LogP contribution >= 0.6 is 0 Å². The molecule has 4 rings (SSSR count). The maximum Gasteiger partial charge on any atom is 0.0960 e. The highest BCUT2D eigenvalue weighted by Crippen LogP contribution is 2.37. The van der Waals surface area contributed by atoms with Gasteiger partial charge in [0, 0.05) is 12.1 Å². The molecule has 94 valence electrons. The fourth-order valence-corrected chi connectivity index (χ4v) is 3.06. The summed E-state index contributed by atoms with van der Waals surface area (Å²) in [5.41, 5.74) is 3.89. The molecule has 1 aliphatic heterocycles. The van der Waals surface area contributed by atoms with Crippen molar-refractivity contribution in [1.29, 1.82) is 0 Å². The lowest BCUT2D eigenvalue weighted by molar-refractivity contribution is 0.603. The maximum atomic E-state index is 4.56. The smallest absolute Gasteiger partial charge is 0.0960 e. The van der Waals surface area contributed by atoms with Gasteiger partial charge in [-0.15, -0.1) is 0 Å². The van der Waals surface area contributed by atoms with Crippen LogP contribution in [0, 0.1) is 0 Å². The molecule has 2 heterocycles. The Morgan fingerprint density at radius 2 is 2.22 bits per heavy atom. The van der Waals surface area contributed by atoms with Crippen LogP contribution in [-0.4, -0.2) is 22.1 Å². The number of benzene rings is 1. The van der Waals surface area contributed by atoms with E-state index in [1.54, 1.807) is 0 Å². The van der Waals surface area contributed by atoms with Crippen molar-refractivity contribution in [2.45, 2.75) is 44.2 Å². The van der Waals surface area contributed by atoms with Crippen LogP contribution < -0.4 is 5.32 Å². The molecule has 1 N–H and O–H groups in total. The predicted octanol–water partition coefficient (Wildman–Crippen LogP) is 2.67. The van der Waals surface area contributed by atoms with E-state index in [1.165, 1.54) is 43.3 Å². The third-order valence-electron chi connectivity index (χ3n) is 4.22. The van der Waals surface area contributed by atoms with Crippen molar-refractivity contribution >= 4 is 11.0 Å². The van der Waals surface area contributed by atoms with Gasteiger partial charge in [-0.1, -0.05) is 6.07 Å². The van der Waals surface area contributed by atoms with Crippen molar-refractivity contribution in [2.24, 2.45) is 0 Å². The average Bonchev–Trinajstić information content (AvgIpc) is 2.94. The van der Waals surface area contributed by atoms with Gasteiger partial charge in [0.2, 0.25) is 0 Å². The maximum absolute atomic E-state index is 4.56. The molecule has 0 radical (unpaired) electrons. The molecule has 0 amide bonds. The largest absolute Gasteiger partial charge is 0.327 e. The Bertz CT molecular complexity index is 562. The van der Waals surface area contributed by atoms with Crippen LogP contribution in [0.3, 0.4) is 0 Å². The van der Waals surface area contributed by atoms with E-state index in [0.29, 0.717) is 6.04 Å². The highest BCUT2D eigenvalue weighted by molar-refractivity contribution is 5.76. The first kappa shape index (κ1) is 10.6. The average molecular weight is 241 g/mol. The number of imidazole rings is 1. The molecule has 1 saturated carbocycles. The van der Waals surface area contributed by atoms with Crippen LogP contribution in [0.15, 0.2) is 24.5 Å². The van der Waals surface area contributed by atoms with Crippen LogP contribution in [0.2, 0.25) is 0 Å². The number of hydrogen-bond acceptors (Lipinski definition) is 2. The quantitative estimate of drug-likeness (QED) is 0.895. The Balaban J connectivity index is 1.62. The van der Waals surface area contributed by atoms with Gasteiger partial charge < -0.3 is 9.88 Å². The molecule has 0 bridgehead atoms.